The standard InChI is InChI=1S/C17H17N3O/c1-17(19,14-5-3-2-4-6-14)16(21)20-15-9-7-13(8-10-15)11-12-18/h2-10H,11,19H2,1H3,(H,20,21). The molecule has 1 amide bonds. The highest BCUT2D eigenvalue weighted by Gasteiger charge is 2.30. The van der Waals surface area contributed by atoms with Crippen molar-refractivity contribution in [3.8, 4) is 6.07 Å². The van der Waals surface area contributed by atoms with Gasteiger partial charge in [-0.3, -0.25) is 4.79 Å². The van der Waals surface area contributed by atoms with E-state index >= 15 is 0 Å². The fourth-order valence-corrected chi connectivity index (χ4v) is 1.97. The van der Waals surface area contributed by atoms with Crippen LogP contribution in [0.1, 0.15) is 18.1 Å². The van der Waals surface area contributed by atoms with E-state index in [1.165, 1.54) is 0 Å². The van der Waals surface area contributed by atoms with E-state index in [-0.39, 0.29) is 5.91 Å². The second-order valence-electron chi connectivity index (χ2n) is 5.05. The van der Waals surface area contributed by atoms with Gasteiger partial charge in [0.2, 0.25) is 5.91 Å². The molecule has 0 saturated heterocycles. The van der Waals surface area contributed by atoms with E-state index in [2.05, 4.69) is 11.4 Å². The maximum Gasteiger partial charge on any atom is 0.248 e. The zero-order valence-electron chi connectivity index (χ0n) is 11.8. The molecule has 3 N–H and O–H groups in total. The van der Waals surface area contributed by atoms with Crippen LogP contribution in [0.2, 0.25) is 0 Å². The summed E-state index contributed by atoms with van der Waals surface area (Å²) in [4.78, 5) is 12.4. The van der Waals surface area contributed by atoms with Crippen LogP contribution in [0.5, 0.6) is 0 Å². The molecule has 2 aromatic rings. The lowest BCUT2D eigenvalue weighted by Crippen LogP contribution is -2.45. The number of hydrogen-bond acceptors (Lipinski definition) is 3. The van der Waals surface area contributed by atoms with Crippen molar-refractivity contribution in [3.63, 3.8) is 0 Å². The number of nitrogens with zero attached hydrogens (tertiary/aromatic N) is 1. The number of rotatable bonds is 4. The highest BCUT2D eigenvalue weighted by atomic mass is 16.2. The Labute approximate surface area is 124 Å². The third-order valence-corrected chi connectivity index (χ3v) is 3.34. The van der Waals surface area contributed by atoms with Crippen LogP contribution in [0.4, 0.5) is 5.69 Å². The topological polar surface area (TPSA) is 78.9 Å². The van der Waals surface area contributed by atoms with Gasteiger partial charge in [0.25, 0.3) is 0 Å². The van der Waals surface area contributed by atoms with Crippen LogP contribution in [0, 0.1) is 11.3 Å². The number of carbonyl (C=O) groups is 1. The van der Waals surface area contributed by atoms with Crippen molar-refractivity contribution in [3.05, 3.63) is 65.7 Å². The molecule has 0 bridgehead atoms. The highest BCUT2D eigenvalue weighted by molar-refractivity contribution is 5.98. The van der Waals surface area contributed by atoms with Gasteiger partial charge in [-0.25, -0.2) is 0 Å². The zero-order chi connectivity index (χ0) is 15.3. The predicted octanol–water partition coefficient (Wildman–Crippen LogP) is 2.57. The zero-order valence-corrected chi connectivity index (χ0v) is 11.8. The van der Waals surface area contributed by atoms with E-state index in [0.717, 1.165) is 11.1 Å². The number of anilines is 1. The molecule has 0 aromatic heterocycles. The van der Waals surface area contributed by atoms with E-state index in [1.54, 1.807) is 19.1 Å². The number of nitrogens with one attached hydrogen (secondary N) is 1. The first-order chi connectivity index (χ1) is 10.0. The summed E-state index contributed by atoms with van der Waals surface area (Å²) in [5.41, 5.74) is 7.37. The summed E-state index contributed by atoms with van der Waals surface area (Å²) in [6.07, 6.45) is 0.354. The smallest absolute Gasteiger partial charge is 0.248 e. The average molecular weight is 279 g/mol. The molecule has 2 aromatic carbocycles. The third kappa shape index (κ3) is 3.47. The van der Waals surface area contributed by atoms with Crippen molar-refractivity contribution in [2.24, 2.45) is 5.73 Å². The molecular formula is C17H17N3O. The summed E-state index contributed by atoms with van der Waals surface area (Å²) >= 11 is 0. The van der Waals surface area contributed by atoms with Crippen molar-refractivity contribution in [1.29, 1.82) is 5.26 Å². The highest BCUT2D eigenvalue weighted by Crippen LogP contribution is 2.20. The Hall–Kier alpha value is -2.64. The molecule has 0 heterocycles. The molecule has 0 saturated carbocycles. The average Bonchev–Trinajstić information content (AvgIpc) is 2.50. The van der Waals surface area contributed by atoms with E-state index in [4.69, 9.17) is 11.0 Å². The summed E-state index contributed by atoms with van der Waals surface area (Å²) in [5, 5.41) is 11.4. The second kappa shape index (κ2) is 6.21. The van der Waals surface area contributed by atoms with Gasteiger partial charge < -0.3 is 11.1 Å². The molecule has 0 fully saturated rings. The monoisotopic (exact) mass is 279 g/mol. The van der Waals surface area contributed by atoms with Crippen LogP contribution in [0.25, 0.3) is 0 Å². The molecule has 0 spiro atoms. The molecule has 4 nitrogen and oxygen atoms in total. The van der Waals surface area contributed by atoms with Gasteiger partial charge in [-0.05, 0) is 30.2 Å². The van der Waals surface area contributed by atoms with Gasteiger partial charge in [0.15, 0.2) is 0 Å². The molecule has 1 unspecified atom stereocenters. The van der Waals surface area contributed by atoms with Gasteiger partial charge in [-0.15, -0.1) is 0 Å². The fourth-order valence-electron chi connectivity index (χ4n) is 1.97. The lowest BCUT2D eigenvalue weighted by Gasteiger charge is -2.24. The predicted molar refractivity (Wildman–Crippen MR) is 82.4 cm³/mol. The Morgan fingerprint density at radius 1 is 1.19 bits per heavy atom. The third-order valence-electron chi connectivity index (χ3n) is 3.34. The largest absolute Gasteiger partial charge is 0.324 e. The Kier molecular flexibility index (Phi) is 4.36. The molecule has 0 radical (unpaired) electrons. The minimum atomic E-state index is -1.10. The number of amides is 1. The molecule has 4 heteroatoms. The van der Waals surface area contributed by atoms with Crippen molar-refractivity contribution in [1.82, 2.24) is 0 Å². The summed E-state index contributed by atoms with van der Waals surface area (Å²) in [5.74, 6) is -0.276. The van der Waals surface area contributed by atoms with Crippen molar-refractivity contribution in [2.75, 3.05) is 5.32 Å². The van der Waals surface area contributed by atoms with Gasteiger partial charge in [0, 0.05) is 5.69 Å². The SMILES string of the molecule is CC(N)(C(=O)Nc1ccc(CC#N)cc1)c1ccccc1. The van der Waals surface area contributed by atoms with Crippen LogP contribution in [-0.4, -0.2) is 5.91 Å². The lowest BCUT2D eigenvalue weighted by atomic mass is 9.92. The van der Waals surface area contributed by atoms with Crippen LogP contribution in [-0.2, 0) is 16.8 Å². The number of nitriles is 1. The quantitative estimate of drug-likeness (QED) is 0.902. The number of nitrogens with two attached hydrogens (primary N) is 1. The van der Waals surface area contributed by atoms with Crippen molar-refractivity contribution < 1.29 is 4.79 Å². The molecule has 21 heavy (non-hydrogen) atoms. The normalized spacial score (nSPS) is 13.0. The first kappa shape index (κ1) is 14.8. The van der Waals surface area contributed by atoms with Crippen molar-refractivity contribution >= 4 is 11.6 Å². The summed E-state index contributed by atoms with van der Waals surface area (Å²) in [6, 6.07) is 18.5. The van der Waals surface area contributed by atoms with Gasteiger partial charge in [-0.2, -0.15) is 5.26 Å². The minimum absolute atomic E-state index is 0.276. The fraction of sp³-hybridized carbons (Fsp3) is 0.176. The van der Waals surface area contributed by atoms with Crippen LogP contribution in [0.3, 0.4) is 0 Å². The molecule has 0 aliphatic carbocycles. The van der Waals surface area contributed by atoms with E-state index in [1.807, 2.05) is 42.5 Å². The molecule has 0 aliphatic heterocycles. The maximum atomic E-state index is 12.4. The van der Waals surface area contributed by atoms with E-state index < -0.39 is 5.54 Å². The Morgan fingerprint density at radius 2 is 1.81 bits per heavy atom. The molecule has 106 valence electrons. The molecular weight excluding hydrogens is 262 g/mol. The van der Waals surface area contributed by atoms with Crippen molar-refractivity contribution in [2.45, 2.75) is 18.9 Å². The lowest BCUT2D eigenvalue weighted by molar-refractivity contribution is -0.120. The minimum Gasteiger partial charge on any atom is -0.324 e. The summed E-state index contributed by atoms with van der Waals surface area (Å²) in [6.45, 7) is 1.68. The number of benzene rings is 2. The molecule has 0 aliphatic rings. The van der Waals surface area contributed by atoms with Gasteiger partial charge in [0.05, 0.1) is 12.5 Å². The molecule has 1 atom stereocenters. The Bertz CT molecular complexity index is 655. The maximum absolute atomic E-state index is 12.4. The van der Waals surface area contributed by atoms with Crippen LogP contribution < -0.4 is 11.1 Å². The van der Waals surface area contributed by atoms with Crippen LogP contribution >= 0.6 is 0 Å². The summed E-state index contributed by atoms with van der Waals surface area (Å²) in [7, 11) is 0. The van der Waals surface area contributed by atoms with Gasteiger partial charge in [0.1, 0.15) is 5.54 Å². The first-order valence-corrected chi connectivity index (χ1v) is 6.66. The number of hydrogen-bond donors (Lipinski definition) is 2. The molecule has 2 rings (SSSR count). The number of carbonyl (C=O) groups excluding carboxylic acids is 1. The van der Waals surface area contributed by atoms with Gasteiger partial charge in [-0.1, -0.05) is 42.5 Å². The summed E-state index contributed by atoms with van der Waals surface area (Å²) < 4.78 is 0. The Morgan fingerprint density at radius 3 is 2.38 bits per heavy atom. The van der Waals surface area contributed by atoms with E-state index in [0.29, 0.717) is 12.1 Å². The first-order valence-electron chi connectivity index (χ1n) is 6.66. The Balaban J connectivity index is 2.12. The second-order valence-corrected chi connectivity index (χ2v) is 5.05. The van der Waals surface area contributed by atoms with Crippen LogP contribution in [0.15, 0.2) is 54.6 Å². The van der Waals surface area contributed by atoms with E-state index in [9.17, 15) is 4.79 Å². The van der Waals surface area contributed by atoms with Gasteiger partial charge >= 0.3 is 0 Å².